The van der Waals surface area contributed by atoms with Gasteiger partial charge in [0.15, 0.2) is 5.65 Å². The average Bonchev–Trinajstić information content (AvgIpc) is 3.79. The maximum Gasteiger partial charge on any atom is 0.164 e. The number of nitrogen functional groups attached to an aromatic ring is 2. The molecule has 0 bridgehead atoms. The second kappa shape index (κ2) is 10.0. The molecule has 0 atom stereocenters. The summed E-state index contributed by atoms with van der Waals surface area (Å²) < 4.78 is 4.03. The van der Waals surface area contributed by atoms with Crippen molar-refractivity contribution >= 4 is 67.2 Å². The van der Waals surface area contributed by atoms with E-state index >= 15 is 0 Å². The predicted octanol–water partition coefficient (Wildman–Crippen LogP) is 6.64. The topological polar surface area (TPSA) is 171 Å². The van der Waals surface area contributed by atoms with Gasteiger partial charge in [0.2, 0.25) is 0 Å². The van der Waals surface area contributed by atoms with Crippen LogP contribution in [0.3, 0.4) is 0 Å². The molecular weight excluding hydrogens is 600 g/mol. The van der Waals surface area contributed by atoms with Gasteiger partial charge >= 0.3 is 0 Å². The number of hydrogen-bond acceptors (Lipinski definition) is 8. The van der Waals surface area contributed by atoms with Crippen LogP contribution >= 0.6 is 11.6 Å². The molecule has 230 valence electrons. The van der Waals surface area contributed by atoms with Crippen molar-refractivity contribution in [3.63, 3.8) is 0 Å². The van der Waals surface area contributed by atoms with Crippen molar-refractivity contribution in [2.75, 3.05) is 11.5 Å². The summed E-state index contributed by atoms with van der Waals surface area (Å²) in [5.74, 6) is 0.807. The Morgan fingerprint density at radius 1 is 0.848 bits per heavy atom. The summed E-state index contributed by atoms with van der Waals surface area (Å²) in [4.78, 5) is 29.7. The summed E-state index contributed by atoms with van der Waals surface area (Å²) in [5.41, 5.74) is 19.6. The van der Waals surface area contributed by atoms with Crippen LogP contribution in [0.5, 0.6) is 0 Å². The van der Waals surface area contributed by atoms with E-state index in [1.54, 1.807) is 0 Å². The number of benzene rings is 1. The number of nitrogens with one attached hydrogen (secondary N) is 2. The van der Waals surface area contributed by atoms with Gasteiger partial charge in [0, 0.05) is 51.2 Å². The number of fused-ring (bicyclic) bond motifs is 4. The Morgan fingerprint density at radius 3 is 2.35 bits per heavy atom. The minimum Gasteiger partial charge on any atom is -0.383 e. The smallest absolute Gasteiger partial charge is 0.164 e. The SMILES string of the molecule is CC(C)n1cc(-c2cc3ccc(CC(C)(C)n4nc(-c5cc6ccc(Cl)cc6[nH]5)c5c(N)ncnc54)nc3[nH]2)c2c(N)ncnc21. The number of nitrogens with two attached hydrogens (primary N) is 2. The molecule has 0 unspecified atom stereocenters. The lowest BCUT2D eigenvalue weighted by molar-refractivity contribution is 0.324. The van der Waals surface area contributed by atoms with E-state index in [-0.39, 0.29) is 6.04 Å². The Bertz CT molecular complexity index is 2460. The molecule has 0 saturated carbocycles. The summed E-state index contributed by atoms with van der Waals surface area (Å²) >= 11 is 6.25. The van der Waals surface area contributed by atoms with E-state index in [4.69, 9.17) is 33.2 Å². The number of rotatable bonds is 6. The van der Waals surface area contributed by atoms with Gasteiger partial charge in [0.25, 0.3) is 0 Å². The molecule has 8 rings (SSSR count). The standard InChI is InChI=1S/C33H31ClN12/c1-16(2)45-13-21(25-28(35)37-14-39-31(25)45)23-10-18-6-8-20(41-30(18)43-23)12-33(3,4)46-32-26(29(36)38-15-40-32)27(44-46)24-9-17-5-7-19(34)11-22(17)42-24/h5-11,13-16,42H,12H2,1-4H3,(H,41,43)(H2,35,37,39)(H2,36,38,40). The van der Waals surface area contributed by atoms with E-state index in [1.165, 1.54) is 12.7 Å². The van der Waals surface area contributed by atoms with Crippen molar-refractivity contribution in [1.29, 1.82) is 0 Å². The third-order valence-electron chi connectivity index (χ3n) is 8.54. The van der Waals surface area contributed by atoms with Crippen LogP contribution in [0.4, 0.5) is 11.6 Å². The monoisotopic (exact) mass is 630 g/mol. The highest BCUT2D eigenvalue weighted by atomic mass is 35.5. The average molecular weight is 631 g/mol. The number of hydrogen-bond donors (Lipinski definition) is 4. The Balaban J connectivity index is 1.18. The number of aromatic nitrogens is 10. The van der Waals surface area contributed by atoms with Gasteiger partial charge in [0.05, 0.1) is 27.7 Å². The van der Waals surface area contributed by atoms with Crippen LogP contribution in [0.25, 0.3) is 66.6 Å². The largest absolute Gasteiger partial charge is 0.383 e. The van der Waals surface area contributed by atoms with Gasteiger partial charge < -0.3 is 26.0 Å². The molecule has 0 amide bonds. The quantitative estimate of drug-likeness (QED) is 0.158. The minimum absolute atomic E-state index is 0.205. The van der Waals surface area contributed by atoms with Crippen molar-refractivity contribution in [2.24, 2.45) is 0 Å². The summed E-state index contributed by atoms with van der Waals surface area (Å²) in [6.07, 6.45) is 5.63. The lowest BCUT2D eigenvalue weighted by Gasteiger charge is -2.25. The van der Waals surface area contributed by atoms with Gasteiger partial charge in [0.1, 0.15) is 41.3 Å². The molecule has 0 spiro atoms. The number of halogens is 1. The molecule has 1 aromatic carbocycles. The van der Waals surface area contributed by atoms with Gasteiger partial charge in [-0.2, -0.15) is 5.10 Å². The highest BCUT2D eigenvalue weighted by molar-refractivity contribution is 6.31. The van der Waals surface area contributed by atoms with Gasteiger partial charge in [-0.3, -0.25) is 0 Å². The summed E-state index contributed by atoms with van der Waals surface area (Å²) in [6, 6.07) is 14.2. The molecule has 12 nitrogen and oxygen atoms in total. The number of anilines is 2. The van der Waals surface area contributed by atoms with E-state index in [2.05, 4.69) is 80.5 Å². The van der Waals surface area contributed by atoms with Crippen LogP contribution in [-0.4, -0.2) is 49.2 Å². The summed E-state index contributed by atoms with van der Waals surface area (Å²) in [6.45, 7) is 8.46. The molecule has 0 fully saturated rings. The number of nitrogens with zero attached hydrogens (tertiary/aromatic N) is 8. The van der Waals surface area contributed by atoms with Crippen molar-refractivity contribution < 1.29 is 0 Å². The fraction of sp³-hybridized carbons (Fsp3) is 0.212. The molecule has 0 aliphatic heterocycles. The van der Waals surface area contributed by atoms with Crippen LogP contribution in [0.1, 0.15) is 39.4 Å². The maximum absolute atomic E-state index is 6.42. The van der Waals surface area contributed by atoms with E-state index in [9.17, 15) is 0 Å². The first-order valence-corrected chi connectivity index (χ1v) is 15.3. The van der Waals surface area contributed by atoms with Crippen molar-refractivity contribution in [3.8, 4) is 22.6 Å². The number of pyridine rings is 1. The van der Waals surface area contributed by atoms with Crippen LogP contribution in [0.15, 0.2) is 61.3 Å². The Kier molecular flexibility index (Phi) is 6.10. The molecule has 8 aromatic rings. The van der Waals surface area contributed by atoms with E-state index in [0.29, 0.717) is 39.8 Å². The lowest BCUT2D eigenvalue weighted by Crippen LogP contribution is -2.30. The summed E-state index contributed by atoms with van der Waals surface area (Å²) in [5, 5.41) is 9.25. The molecule has 13 heteroatoms. The van der Waals surface area contributed by atoms with Gasteiger partial charge in [-0.05, 0) is 64.1 Å². The molecule has 0 radical (unpaired) electrons. The number of H-pyrrole nitrogens is 2. The van der Waals surface area contributed by atoms with Crippen LogP contribution < -0.4 is 11.5 Å². The highest BCUT2D eigenvalue weighted by Gasteiger charge is 2.29. The van der Waals surface area contributed by atoms with E-state index in [0.717, 1.165) is 55.6 Å². The minimum atomic E-state index is -0.529. The first-order chi connectivity index (χ1) is 22.1. The zero-order chi connectivity index (χ0) is 31.9. The summed E-state index contributed by atoms with van der Waals surface area (Å²) in [7, 11) is 0. The third kappa shape index (κ3) is 4.36. The molecular formula is C33H31ClN12. The predicted molar refractivity (Wildman–Crippen MR) is 182 cm³/mol. The Hall–Kier alpha value is -5.49. The van der Waals surface area contributed by atoms with E-state index in [1.807, 2.05) is 35.0 Å². The second-order valence-corrected chi connectivity index (χ2v) is 13.0. The molecule has 0 saturated heterocycles. The van der Waals surface area contributed by atoms with E-state index < -0.39 is 5.54 Å². The molecule has 46 heavy (non-hydrogen) atoms. The van der Waals surface area contributed by atoms with Crippen molar-refractivity contribution in [1.82, 2.24) is 49.2 Å². The highest BCUT2D eigenvalue weighted by Crippen LogP contribution is 2.37. The van der Waals surface area contributed by atoms with Crippen molar-refractivity contribution in [3.05, 3.63) is 72.0 Å². The third-order valence-corrected chi connectivity index (χ3v) is 8.78. The number of aromatic amines is 2. The fourth-order valence-corrected chi connectivity index (χ4v) is 6.50. The van der Waals surface area contributed by atoms with Gasteiger partial charge in [-0.1, -0.05) is 17.7 Å². The lowest BCUT2D eigenvalue weighted by atomic mass is 9.98. The second-order valence-electron chi connectivity index (χ2n) is 12.5. The molecule has 6 N–H and O–H groups in total. The van der Waals surface area contributed by atoms with Crippen LogP contribution in [-0.2, 0) is 12.0 Å². The fourth-order valence-electron chi connectivity index (χ4n) is 6.33. The van der Waals surface area contributed by atoms with Gasteiger partial charge in [-0.15, -0.1) is 0 Å². The maximum atomic E-state index is 6.42. The molecule has 7 heterocycles. The first kappa shape index (κ1) is 28.0. The van der Waals surface area contributed by atoms with Crippen LogP contribution in [0.2, 0.25) is 5.02 Å². The van der Waals surface area contributed by atoms with Crippen molar-refractivity contribution in [2.45, 2.75) is 45.7 Å². The van der Waals surface area contributed by atoms with Gasteiger partial charge in [-0.25, -0.2) is 29.6 Å². The first-order valence-electron chi connectivity index (χ1n) is 15.0. The van der Waals surface area contributed by atoms with Crippen LogP contribution in [0, 0.1) is 0 Å². The molecule has 7 aromatic heterocycles. The Labute approximate surface area is 267 Å². The zero-order valence-corrected chi connectivity index (χ0v) is 26.4. The molecule has 0 aliphatic rings. The normalized spacial score (nSPS) is 12.5. The zero-order valence-electron chi connectivity index (χ0n) is 25.7. The molecule has 0 aliphatic carbocycles. The Morgan fingerprint density at radius 2 is 1.57 bits per heavy atom.